The van der Waals surface area contributed by atoms with Crippen LogP contribution in [0, 0.1) is 5.92 Å². The number of amides is 1. The number of hydrogen-bond donors (Lipinski definition) is 1. The maximum Gasteiger partial charge on any atom is 0.236 e. The molecule has 5 nitrogen and oxygen atoms in total. The van der Waals surface area contributed by atoms with Crippen molar-refractivity contribution in [1.29, 1.82) is 0 Å². The molecule has 1 N–H and O–H groups in total. The molecule has 0 aliphatic carbocycles. The van der Waals surface area contributed by atoms with Crippen molar-refractivity contribution < 1.29 is 14.6 Å². The van der Waals surface area contributed by atoms with Gasteiger partial charge in [-0.25, -0.2) is 0 Å². The molecule has 3 unspecified atom stereocenters. The van der Waals surface area contributed by atoms with Crippen LogP contribution in [0.1, 0.15) is 24.8 Å². The third-order valence-electron chi connectivity index (χ3n) is 5.30. The smallest absolute Gasteiger partial charge is 0.236 e. The van der Waals surface area contributed by atoms with Crippen molar-refractivity contribution in [2.24, 2.45) is 5.92 Å². The Labute approximate surface area is 144 Å². The van der Waals surface area contributed by atoms with Crippen LogP contribution in [0.4, 0.5) is 0 Å². The van der Waals surface area contributed by atoms with Gasteiger partial charge in [0.05, 0.1) is 19.3 Å². The van der Waals surface area contributed by atoms with Crippen molar-refractivity contribution in [2.75, 3.05) is 33.4 Å². The number of aliphatic hydroxyl groups is 1. The highest BCUT2D eigenvalue weighted by Gasteiger charge is 2.38. The number of hydrogen-bond acceptors (Lipinski definition) is 4. The minimum absolute atomic E-state index is 0.133. The second kappa shape index (κ2) is 8.10. The van der Waals surface area contributed by atoms with E-state index in [0.717, 1.165) is 24.9 Å². The predicted molar refractivity (Wildman–Crippen MR) is 92.4 cm³/mol. The molecule has 132 valence electrons. The number of likely N-dealkylation sites (tertiary alicyclic amines) is 1. The monoisotopic (exact) mass is 332 g/mol. The Morgan fingerprint density at radius 3 is 2.88 bits per heavy atom. The van der Waals surface area contributed by atoms with E-state index >= 15 is 0 Å². The molecule has 1 aromatic rings. The van der Waals surface area contributed by atoms with Gasteiger partial charge in [-0.15, -0.1) is 0 Å². The fourth-order valence-electron chi connectivity index (χ4n) is 3.89. The van der Waals surface area contributed by atoms with E-state index in [1.165, 1.54) is 0 Å². The van der Waals surface area contributed by atoms with Crippen molar-refractivity contribution in [3.05, 3.63) is 35.9 Å². The fourth-order valence-corrected chi connectivity index (χ4v) is 3.89. The van der Waals surface area contributed by atoms with Crippen molar-refractivity contribution in [3.63, 3.8) is 0 Å². The molecule has 1 amide bonds. The third-order valence-corrected chi connectivity index (χ3v) is 5.30. The van der Waals surface area contributed by atoms with E-state index in [-0.39, 0.29) is 24.0 Å². The van der Waals surface area contributed by atoms with Crippen LogP contribution in [0.5, 0.6) is 0 Å². The Bertz CT molecular complexity index is 537. The molecule has 0 spiro atoms. The fraction of sp³-hybridized carbons (Fsp3) is 0.632. The van der Waals surface area contributed by atoms with Gasteiger partial charge >= 0.3 is 0 Å². The van der Waals surface area contributed by atoms with Gasteiger partial charge in [0.2, 0.25) is 5.91 Å². The number of rotatable bonds is 5. The normalized spacial score (nSPS) is 28.0. The van der Waals surface area contributed by atoms with E-state index in [0.29, 0.717) is 32.7 Å². The Hall–Kier alpha value is -1.43. The molecular weight excluding hydrogens is 304 g/mol. The first kappa shape index (κ1) is 17.4. The molecule has 2 heterocycles. The number of nitrogens with zero attached hydrogens (tertiary/aromatic N) is 2. The van der Waals surface area contributed by atoms with Crippen LogP contribution in [0.3, 0.4) is 0 Å². The van der Waals surface area contributed by atoms with E-state index in [2.05, 4.69) is 4.90 Å². The Morgan fingerprint density at radius 1 is 1.33 bits per heavy atom. The van der Waals surface area contributed by atoms with Crippen LogP contribution in [0.15, 0.2) is 30.3 Å². The van der Waals surface area contributed by atoms with Gasteiger partial charge in [0.25, 0.3) is 0 Å². The molecule has 5 heteroatoms. The predicted octanol–water partition coefficient (Wildman–Crippen LogP) is 1.51. The first-order valence-corrected chi connectivity index (χ1v) is 8.93. The van der Waals surface area contributed by atoms with Crippen LogP contribution in [0.2, 0.25) is 0 Å². The average Bonchev–Trinajstić information content (AvgIpc) is 3.04. The van der Waals surface area contributed by atoms with Gasteiger partial charge < -0.3 is 14.7 Å². The standard InChI is InChI=1S/C19H28N2O3/c1-20(12-15-6-3-2-4-7-15)19(23)13-21-10-5-8-17(21)16-14-24-11-9-18(16)22/h2-4,6-7,16-18,22H,5,8-14H2,1H3. The maximum absolute atomic E-state index is 12.6. The number of benzene rings is 1. The Balaban J connectivity index is 1.56. The van der Waals surface area contributed by atoms with Crippen molar-refractivity contribution in [3.8, 4) is 0 Å². The van der Waals surface area contributed by atoms with Crippen LogP contribution >= 0.6 is 0 Å². The highest BCUT2D eigenvalue weighted by molar-refractivity contribution is 5.78. The molecule has 1 aromatic carbocycles. The van der Waals surface area contributed by atoms with Gasteiger partial charge in [-0.3, -0.25) is 9.69 Å². The van der Waals surface area contributed by atoms with Crippen LogP contribution in [0.25, 0.3) is 0 Å². The highest BCUT2D eigenvalue weighted by atomic mass is 16.5. The molecule has 2 saturated heterocycles. The van der Waals surface area contributed by atoms with E-state index < -0.39 is 0 Å². The van der Waals surface area contributed by atoms with E-state index in [1.807, 2.05) is 37.4 Å². The van der Waals surface area contributed by atoms with Crippen LogP contribution in [-0.4, -0.2) is 66.3 Å². The molecule has 0 radical (unpaired) electrons. The SMILES string of the molecule is CN(Cc1ccccc1)C(=O)CN1CCCC1C1COCCC1O. The summed E-state index contributed by atoms with van der Waals surface area (Å²) in [5, 5.41) is 10.3. The van der Waals surface area contributed by atoms with E-state index in [1.54, 1.807) is 4.90 Å². The topological polar surface area (TPSA) is 53.0 Å². The first-order valence-electron chi connectivity index (χ1n) is 8.93. The quantitative estimate of drug-likeness (QED) is 0.888. The molecule has 24 heavy (non-hydrogen) atoms. The van der Waals surface area contributed by atoms with Crippen molar-refractivity contribution >= 4 is 5.91 Å². The number of ether oxygens (including phenoxy) is 1. The minimum Gasteiger partial charge on any atom is -0.393 e. The molecule has 2 aliphatic rings. The molecule has 3 rings (SSSR count). The van der Waals surface area contributed by atoms with Crippen LogP contribution in [-0.2, 0) is 16.1 Å². The minimum atomic E-state index is -0.304. The lowest BCUT2D eigenvalue weighted by Crippen LogP contribution is -2.48. The van der Waals surface area contributed by atoms with Gasteiger partial charge in [-0.2, -0.15) is 0 Å². The van der Waals surface area contributed by atoms with Crippen molar-refractivity contribution in [2.45, 2.75) is 38.0 Å². The molecule has 3 atom stereocenters. The van der Waals surface area contributed by atoms with E-state index in [4.69, 9.17) is 4.74 Å². The summed E-state index contributed by atoms with van der Waals surface area (Å²) in [5.41, 5.74) is 1.14. The molecule has 0 aromatic heterocycles. The number of aliphatic hydroxyl groups excluding tert-OH is 1. The molecule has 2 fully saturated rings. The molecular formula is C19H28N2O3. The maximum atomic E-state index is 12.6. The number of carbonyl (C=O) groups is 1. The Morgan fingerprint density at radius 2 is 2.12 bits per heavy atom. The Kier molecular flexibility index (Phi) is 5.87. The first-order chi connectivity index (χ1) is 11.6. The zero-order chi connectivity index (χ0) is 16.9. The lowest BCUT2D eigenvalue weighted by atomic mass is 9.89. The van der Waals surface area contributed by atoms with Crippen LogP contribution < -0.4 is 0 Å². The summed E-state index contributed by atoms with van der Waals surface area (Å²) in [4.78, 5) is 16.6. The lowest BCUT2D eigenvalue weighted by Gasteiger charge is -2.37. The summed E-state index contributed by atoms with van der Waals surface area (Å²) < 4.78 is 5.56. The summed E-state index contributed by atoms with van der Waals surface area (Å²) in [7, 11) is 1.86. The highest BCUT2D eigenvalue weighted by Crippen LogP contribution is 2.29. The zero-order valence-corrected chi connectivity index (χ0v) is 14.4. The largest absolute Gasteiger partial charge is 0.393 e. The van der Waals surface area contributed by atoms with Gasteiger partial charge in [0.15, 0.2) is 0 Å². The summed E-state index contributed by atoms with van der Waals surface area (Å²) in [6.45, 7) is 3.24. The second-order valence-corrected chi connectivity index (χ2v) is 7.01. The summed E-state index contributed by atoms with van der Waals surface area (Å²) in [6.07, 6.45) is 2.53. The molecule has 0 saturated carbocycles. The summed E-state index contributed by atoms with van der Waals surface area (Å²) in [5.74, 6) is 0.269. The number of likely N-dealkylation sites (N-methyl/N-ethyl adjacent to an activating group) is 1. The average molecular weight is 332 g/mol. The van der Waals surface area contributed by atoms with E-state index in [9.17, 15) is 9.90 Å². The number of carbonyl (C=O) groups excluding carboxylic acids is 1. The third kappa shape index (κ3) is 4.15. The molecule has 0 bridgehead atoms. The lowest BCUT2D eigenvalue weighted by molar-refractivity contribution is -0.133. The van der Waals surface area contributed by atoms with Gasteiger partial charge in [0, 0.05) is 32.2 Å². The summed E-state index contributed by atoms with van der Waals surface area (Å²) in [6, 6.07) is 10.3. The molecule has 2 aliphatic heterocycles. The zero-order valence-electron chi connectivity index (χ0n) is 14.4. The van der Waals surface area contributed by atoms with Gasteiger partial charge in [0.1, 0.15) is 0 Å². The van der Waals surface area contributed by atoms with Crippen molar-refractivity contribution in [1.82, 2.24) is 9.80 Å². The van der Waals surface area contributed by atoms with Gasteiger partial charge in [-0.05, 0) is 31.4 Å². The second-order valence-electron chi connectivity index (χ2n) is 7.01. The summed E-state index contributed by atoms with van der Waals surface area (Å²) >= 11 is 0. The van der Waals surface area contributed by atoms with Gasteiger partial charge in [-0.1, -0.05) is 30.3 Å².